The van der Waals surface area contributed by atoms with Crippen molar-refractivity contribution in [3.8, 4) is 0 Å². The highest BCUT2D eigenvalue weighted by Gasteiger charge is 2.25. The summed E-state index contributed by atoms with van der Waals surface area (Å²) in [6.45, 7) is 5.24. The monoisotopic (exact) mass is 243 g/mol. The van der Waals surface area contributed by atoms with E-state index < -0.39 is 0 Å². The van der Waals surface area contributed by atoms with Gasteiger partial charge in [0, 0.05) is 18.4 Å². The molecule has 0 saturated heterocycles. The van der Waals surface area contributed by atoms with Crippen LogP contribution >= 0.6 is 0 Å². The molecule has 0 amide bonds. The van der Waals surface area contributed by atoms with Crippen molar-refractivity contribution in [1.29, 1.82) is 0 Å². The lowest BCUT2D eigenvalue weighted by molar-refractivity contribution is 0.337. The van der Waals surface area contributed by atoms with Crippen LogP contribution in [0, 0.1) is 11.8 Å². The smallest absolute Gasteiger partial charge is 0.137 e. The maximum Gasteiger partial charge on any atom is 0.137 e. The van der Waals surface area contributed by atoms with Crippen LogP contribution in [0.2, 0.25) is 0 Å². The van der Waals surface area contributed by atoms with E-state index in [1.807, 2.05) is 0 Å². The summed E-state index contributed by atoms with van der Waals surface area (Å²) in [6.07, 6.45) is 5.69. The SMILES string of the molecule is CC(C)C1CCc2nc3cc(CN)ccn3c2C1. The summed E-state index contributed by atoms with van der Waals surface area (Å²) < 4.78 is 2.25. The van der Waals surface area contributed by atoms with Crippen LogP contribution in [0.5, 0.6) is 0 Å². The molecule has 18 heavy (non-hydrogen) atoms. The molecule has 0 radical (unpaired) electrons. The Morgan fingerprint density at radius 1 is 1.50 bits per heavy atom. The zero-order valence-corrected chi connectivity index (χ0v) is 11.2. The van der Waals surface area contributed by atoms with Crippen molar-refractivity contribution in [2.75, 3.05) is 0 Å². The minimum absolute atomic E-state index is 0.586. The van der Waals surface area contributed by atoms with Crippen molar-refractivity contribution >= 4 is 5.65 Å². The Bertz CT molecular complexity index is 568. The van der Waals surface area contributed by atoms with Crippen LogP contribution in [-0.4, -0.2) is 9.38 Å². The third-order valence-electron chi connectivity index (χ3n) is 4.26. The van der Waals surface area contributed by atoms with E-state index in [2.05, 4.69) is 36.6 Å². The second-order valence-electron chi connectivity index (χ2n) is 5.72. The van der Waals surface area contributed by atoms with Crippen molar-refractivity contribution in [3.05, 3.63) is 35.3 Å². The van der Waals surface area contributed by atoms with E-state index in [0.717, 1.165) is 35.9 Å². The molecule has 0 spiro atoms. The Balaban J connectivity index is 2.05. The van der Waals surface area contributed by atoms with Gasteiger partial charge in [-0.2, -0.15) is 0 Å². The summed E-state index contributed by atoms with van der Waals surface area (Å²) in [4.78, 5) is 4.76. The van der Waals surface area contributed by atoms with Gasteiger partial charge >= 0.3 is 0 Å². The molecule has 0 fully saturated rings. The zero-order chi connectivity index (χ0) is 12.7. The topological polar surface area (TPSA) is 43.3 Å². The predicted molar refractivity (Wildman–Crippen MR) is 73.4 cm³/mol. The molecule has 2 aromatic rings. The lowest BCUT2D eigenvalue weighted by atomic mass is 9.82. The molecule has 1 aliphatic rings. The van der Waals surface area contributed by atoms with E-state index in [9.17, 15) is 0 Å². The van der Waals surface area contributed by atoms with Crippen molar-refractivity contribution < 1.29 is 0 Å². The molecule has 3 rings (SSSR count). The first-order chi connectivity index (χ1) is 8.69. The minimum Gasteiger partial charge on any atom is -0.326 e. The van der Waals surface area contributed by atoms with Crippen LogP contribution in [0.3, 0.4) is 0 Å². The van der Waals surface area contributed by atoms with Gasteiger partial charge in [-0.25, -0.2) is 4.98 Å². The van der Waals surface area contributed by atoms with Gasteiger partial charge in [-0.15, -0.1) is 0 Å². The molecule has 2 N–H and O–H groups in total. The largest absolute Gasteiger partial charge is 0.326 e. The van der Waals surface area contributed by atoms with Gasteiger partial charge in [0.1, 0.15) is 5.65 Å². The zero-order valence-electron chi connectivity index (χ0n) is 11.2. The van der Waals surface area contributed by atoms with E-state index in [0.29, 0.717) is 6.54 Å². The van der Waals surface area contributed by atoms with E-state index >= 15 is 0 Å². The second kappa shape index (κ2) is 4.39. The molecule has 0 aromatic carbocycles. The first kappa shape index (κ1) is 11.7. The fourth-order valence-electron chi connectivity index (χ4n) is 2.97. The molecule has 0 aliphatic heterocycles. The highest BCUT2D eigenvalue weighted by molar-refractivity contribution is 5.46. The van der Waals surface area contributed by atoms with Crippen LogP contribution in [0.15, 0.2) is 18.3 Å². The number of rotatable bonds is 2. The second-order valence-corrected chi connectivity index (χ2v) is 5.72. The Hall–Kier alpha value is -1.35. The fourth-order valence-corrected chi connectivity index (χ4v) is 2.97. The lowest BCUT2D eigenvalue weighted by Crippen LogP contribution is -2.19. The van der Waals surface area contributed by atoms with Crippen LogP contribution in [0.25, 0.3) is 5.65 Å². The fraction of sp³-hybridized carbons (Fsp3) is 0.533. The summed E-state index contributed by atoms with van der Waals surface area (Å²) in [6, 6.07) is 4.22. The van der Waals surface area contributed by atoms with Gasteiger partial charge in [-0.05, 0) is 48.8 Å². The molecule has 3 heteroatoms. The van der Waals surface area contributed by atoms with Crippen LogP contribution in [0.4, 0.5) is 0 Å². The number of pyridine rings is 1. The Morgan fingerprint density at radius 3 is 3.06 bits per heavy atom. The number of aryl methyl sites for hydroxylation is 1. The number of hydrogen-bond acceptors (Lipinski definition) is 2. The number of imidazole rings is 1. The molecule has 2 heterocycles. The van der Waals surface area contributed by atoms with Gasteiger partial charge in [0.2, 0.25) is 0 Å². The average molecular weight is 243 g/mol. The van der Waals surface area contributed by atoms with Gasteiger partial charge in [-0.3, -0.25) is 0 Å². The van der Waals surface area contributed by atoms with Crippen molar-refractivity contribution in [2.24, 2.45) is 17.6 Å². The molecular formula is C15H21N3. The standard InChI is InChI=1S/C15H21N3/c1-10(2)12-3-4-13-14(8-12)18-6-5-11(9-16)7-15(18)17-13/h5-7,10,12H,3-4,8-9,16H2,1-2H3. The van der Waals surface area contributed by atoms with Gasteiger partial charge in [-0.1, -0.05) is 13.8 Å². The van der Waals surface area contributed by atoms with Gasteiger partial charge in [0.05, 0.1) is 5.69 Å². The summed E-state index contributed by atoms with van der Waals surface area (Å²) >= 11 is 0. The molecule has 0 bridgehead atoms. The normalized spacial score (nSPS) is 19.4. The first-order valence-electron chi connectivity index (χ1n) is 6.88. The maximum absolute atomic E-state index is 5.69. The molecule has 1 unspecified atom stereocenters. The first-order valence-corrected chi connectivity index (χ1v) is 6.88. The van der Waals surface area contributed by atoms with Gasteiger partial charge < -0.3 is 10.1 Å². The summed E-state index contributed by atoms with van der Waals surface area (Å²) in [7, 11) is 0. The third-order valence-corrected chi connectivity index (χ3v) is 4.26. The summed E-state index contributed by atoms with van der Waals surface area (Å²) in [5.41, 5.74) is 10.6. The van der Waals surface area contributed by atoms with E-state index in [-0.39, 0.29) is 0 Å². The molecule has 96 valence electrons. The summed E-state index contributed by atoms with van der Waals surface area (Å²) in [5.74, 6) is 1.55. The third kappa shape index (κ3) is 1.83. The highest BCUT2D eigenvalue weighted by atomic mass is 15.0. The average Bonchev–Trinajstić information content (AvgIpc) is 2.74. The molecule has 1 atom stereocenters. The van der Waals surface area contributed by atoms with Crippen molar-refractivity contribution in [1.82, 2.24) is 9.38 Å². The maximum atomic E-state index is 5.69. The van der Waals surface area contributed by atoms with Gasteiger partial charge in [0.15, 0.2) is 0 Å². The number of aromatic nitrogens is 2. The Morgan fingerprint density at radius 2 is 2.33 bits per heavy atom. The van der Waals surface area contributed by atoms with Crippen LogP contribution in [-0.2, 0) is 19.4 Å². The Labute approximate surface area is 108 Å². The lowest BCUT2D eigenvalue weighted by Gasteiger charge is -2.25. The minimum atomic E-state index is 0.586. The van der Waals surface area contributed by atoms with Crippen molar-refractivity contribution in [3.63, 3.8) is 0 Å². The number of nitrogens with zero attached hydrogens (tertiary/aromatic N) is 2. The number of hydrogen-bond donors (Lipinski definition) is 1. The van der Waals surface area contributed by atoms with Gasteiger partial charge in [0.25, 0.3) is 0 Å². The van der Waals surface area contributed by atoms with E-state index in [4.69, 9.17) is 10.7 Å². The highest BCUT2D eigenvalue weighted by Crippen LogP contribution is 2.30. The molecular weight excluding hydrogens is 222 g/mol. The van der Waals surface area contributed by atoms with Crippen LogP contribution < -0.4 is 5.73 Å². The van der Waals surface area contributed by atoms with E-state index in [1.165, 1.54) is 17.8 Å². The van der Waals surface area contributed by atoms with E-state index in [1.54, 1.807) is 0 Å². The molecule has 3 nitrogen and oxygen atoms in total. The molecule has 0 saturated carbocycles. The van der Waals surface area contributed by atoms with Crippen LogP contribution in [0.1, 0.15) is 37.2 Å². The number of fused-ring (bicyclic) bond motifs is 3. The quantitative estimate of drug-likeness (QED) is 0.881. The number of nitrogens with two attached hydrogens (primary N) is 1. The Kier molecular flexibility index (Phi) is 2.86. The molecule has 1 aliphatic carbocycles. The summed E-state index contributed by atoms with van der Waals surface area (Å²) in [5, 5.41) is 0. The predicted octanol–water partition coefficient (Wildman–Crippen LogP) is 2.55. The molecule has 2 aromatic heterocycles. The van der Waals surface area contributed by atoms with Crippen molar-refractivity contribution in [2.45, 2.75) is 39.7 Å².